The van der Waals surface area contributed by atoms with Gasteiger partial charge in [0.1, 0.15) is 0 Å². The largest absolute Gasteiger partial charge is 0.377 e. The van der Waals surface area contributed by atoms with E-state index in [1.165, 1.54) is 32.4 Å². The average molecular weight is 183 g/mol. The summed E-state index contributed by atoms with van der Waals surface area (Å²) in [6.45, 7) is 7.94. The molecule has 1 saturated heterocycles. The smallest absolute Gasteiger partial charge is 0.0730 e. The van der Waals surface area contributed by atoms with Gasteiger partial charge in [0, 0.05) is 25.7 Å². The highest BCUT2D eigenvalue weighted by molar-refractivity contribution is 4.86. The van der Waals surface area contributed by atoms with Gasteiger partial charge < -0.3 is 4.74 Å². The van der Waals surface area contributed by atoms with Crippen molar-refractivity contribution in [2.75, 3.05) is 19.7 Å². The Balaban J connectivity index is 1.89. The van der Waals surface area contributed by atoms with Crippen LogP contribution in [0.15, 0.2) is 0 Å². The van der Waals surface area contributed by atoms with Crippen LogP contribution in [-0.2, 0) is 4.74 Å². The Hall–Kier alpha value is -0.0800. The summed E-state index contributed by atoms with van der Waals surface area (Å²) < 4.78 is 5.87. The van der Waals surface area contributed by atoms with Gasteiger partial charge in [-0.25, -0.2) is 0 Å². The first-order valence-electron chi connectivity index (χ1n) is 5.63. The van der Waals surface area contributed by atoms with Gasteiger partial charge in [0.2, 0.25) is 0 Å². The third kappa shape index (κ3) is 2.44. The van der Waals surface area contributed by atoms with E-state index in [0.717, 1.165) is 12.5 Å². The number of ether oxygens (including phenoxy) is 1. The predicted octanol–water partition coefficient (Wildman–Crippen LogP) is 1.90. The first-order valence-corrected chi connectivity index (χ1v) is 5.63. The monoisotopic (exact) mass is 183 g/mol. The van der Waals surface area contributed by atoms with Gasteiger partial charge in [-0.15, -0.1) is 0 Å². The Morgan fingerprint density at radius 1 is 1.31 bits per heavy atom. The number of nitrogens with zero attached hydrogens (tertiary/aromatic N) is 1. The summed E-state index contributed by atoms with van der Waals surface area (Å²) in [6.07, 6.45) is 4.55. The van der Waals surface area contributed by atoms with Crippen LogP contribution in [0, 0.1) is 5.92 Å². The van der Waals surface area contributed by atoms with Crippen molar-refractivity contribution in [2.24, 2.45) is 5.92 Å². The molecule has 1 aliphatic carbocycles. The summed E-state index contributed by atoms with van der Waals surface area (Å²) in [6, 6.07) is 0.683. The van der Waals surface area contributed by atoms with Gasteiger partial charge in [-0.1, -0.05) is 0 Å². The Morgan fingerprint density at radius 2 is 2.08 bits per heavy atom. The lowest BCUT2D eigenvalue weighted by molar-refractivity contribution is 0.0352. The van der Waals surface area contributed by atoms with E-state index in [1.54, 1.807) is 0 Å². The highest BCUT2D eigenvalue weighted by atomic mass is 16.5. The van der Waals surface area contributed by atoms with Crippen molar-refractivity contribution < 1.29 is 4.74 Å². The van der Waals surface area contributed by atoms with Gasteiger partial charge in [-0.3, -0.25) is 4.90 Å². The summed E-state index contributed by atoms with van der Waals surface area (Å²) in [5.41, 5.74) is 0. The minimum atomic E-state index is 0.546. The molecule has 0 spiro atoms. The van der Waals surface area contributed by atoms with Crippen molar-refractivity contribution in [3.63, 3.8) is 0 Å². The number of hydrogen-bond acceptors (Lipinski definition) is 2. The van der Waals surface area contributed by atoms with E-state index in [9.17, 15) is 0 Å². The predicted molar refractivity (Wildman–Crippen MR) is 53.8 cm³/mol. The van der Waals surface area contributed by atoms with E-state index in [4.69, 9.17) is 4.74 Å². The molecule has 2 fully saturated rings. The maximum Gasteiger partial charge on any atom is 0.0730 e. The second-order valence-electron chi connectivity index (χ2n) is 4.69. The fraction of sp³-hybridized carbons (Fsp3) is 1.00. The van der Waals surface area contributed by atoms with E-state index in [-0.39, 0.29) is 0 Å². The molecule has 0 aromatic carbocycles. The lowest BCUT2D eigenvalue weighted by Crippen LogP contribution is -2.37. The highest BCUT2D eigenvalue weighted by Gasteiger charge is 2.34. The minimum Gasteiger partial charge on any atom is -0.377 e. The van der Waals surface area contributed by atoms with Gasteiger partial charge >= 0.3 is 0 Å². The van der Waals surface area contributed by atoms with Crippen LogP contribution in [0.25, 0.3) is 0 Å². The molecule has 1 heterocycles. The zero-order valence-electron chi connectivity index (χ0n) is 8.83. The molecule has 1 saturated carbocycles. The molecule has 2 heteroatoms. The molecule has 2 nitrogen and oxygen atoms in total. The number of hydrogen-bond donors (Lipinski definition) is 0. The standard InChI is InChI=1S/C11H21NO/c1-9(2)12-6-3-7-13-11(8-12)10-4-5-10/h9-11H,3-8H2,1-2H3/t11-/m1/s1. The van der Waals surface area contributed by atoms with Crippen LogP contribution in [0.2, 0.25) is 0 Å². The normalized spacial score (nSPS) is 32.1. The summed E-state index contributed by atoms with van der Waals surface area (Å²) in [5.74, 6) is 0.888. The molecule has 76 valence electrons. The summed E-state index contributed by atoms with van der Waals surface area (Å²) in [7, 11) is 0. The fourth-order valence-electron chi connectivity index (χ4n) is 2.10. The fourth-order valence-corrected chi connectivity index (χ4v) is 2.10. The van der Waals surface area contributed by atoms with Gasteiger partial charge in [0.25, 0.3) is 0 Å². The summed E-state index contributed by atoms with van der Waals surface area (Å²) in [4.78, 5) is 2.57. The Kier molecular flexibility index (Phi) is 2.89. The molecule has 0 aromatic heterocycles. The van der Waals surface area contributed by atoms with Crippen molar-refractivity contribution in [3.8, 4) is 0 Å². The lowest BCUT2D eigenvalue weighted by atomic mass is 10.2. The molecule has 0 N–H and O–H groups in total. The lowest BCUT2D eigenvalue weighted by Gasteiger charge is -2.27. The second kappa shape index (κ2) is 3.97. The highest BCUT2D eigenvalue weighted by Crippen LogP contribution is 2.35. The van der Waals surface area contributed by atoms with Crippen LogP contribution >= 0.6 is 0 Å². The second-order valence-corrected chi connectivity index (χ2v) is 4.69. The van der Waals surface area contributed by atoms with E-state index in [2.05, 4.69) is 18.7 Å². The molecule has 0 bridgehead atoms. The Morgan fingerprint density at radius 3 is 2.69 bits per heavy atom. The van der Waals surface area contributed by atoms with E-state index in [0.29, 0.717) is 12.1 Å². The zero-order chi connectivity index (χ0) is 9.26. The van der Waals surface area contributed by atoms with Crippen LogP contribution < -0.4 is 0 Å². The van der Waals surface area contributed by atoms with Crippen molar-refractivity contribution in [1.29, 1.82) is 0 Å². The van der Waals surface area contributed by atoms with Gasteiger partial charge in [0.15, 0.2) is 0 Å². The first-order chi connectivity index (χ1) is 6.27. The first kappa shape index (κ1) is 9.47. The maximum atomic E-state index is 5.87. The molecular weight excluding hydrogens is 162 g/mol. The molecule has 1 aliphatic heterocycles. The van der Waals surface area contributed by atoms with Crippen molar-refractivity contribution in [3.05, 3.63) is 0 Å². The maximum absolute atomic E-state index is 5.87. The quantitative estimate of drug-likeness (QED) is 0.648. The topological polar surface area (TPSA) is 12.5 Å². The minimum absolute atomic E-state index is 0.546. The van der Waals surface area contributed by atoms with Gasteiger partial charge in [0.05, 0.1) is 6.10 Å². The number of rotatable bonds is 2. The summed E-state index contributed by atoms with van der Waals surface area (Å²) >= 11 is 0. The SMILES string of the molecule is CC(C)N1CCCO[C@@H](C2CC2)C1. The van der Waals surface area contributed by atoms with Crippen LogP contribution in [0.3, 0.4) is 0 Å². The Labute approximate surface area is 81.3 Å². The zero-order valence-corrected chi connectivity index (χ0v) is 8.83. The molecule has 0 unspecified atom stereocenters. The van der Waals surface area contributed by atoms with Crippen LogP contribution in [0.4, 0.5) is 0 Å². The Bertz CT molecular complexity index is 155. The van der Waals surface area contributed by atoms with Crippen molar-refractivity contribution in [1.82, 2.24) is 4.90 Å². The molecule has 0 aromatic rings. The molecule has 1 atom stereocenters. The third-order valence-corrected chi connectivity index (χ3v) is 3.21. The van der Waals surface area contributed by atoms with E-state index < -0.39 is 0 Å². The van der Waals surface area contributed by atoms with Gasteiger partial charge in [-0.2, -0.15) is 0 Å². The molecule has 2 rings (SSSR count). The van der Waals surface area contributed by atoms with E-state index in [1.807, 2.05) is 0 Å². The molecule has 2 aliphatic rings. The van der Waals surface area contributed by atoms with Crippen LogP contribution in [0.5, 0.6) is 0 Å². The molecule has 13 heavy (non-hydrogen) atoms. The summed E-state index contributed by atoms with van der Waals surface area (Å²) in [5, 5.41) is 0. The van der Waals surface area contributed by atoms with Crippen LogP contribution in [0.1, 0.15) is 33.1 Å². The van der Waals surface area contributed by atoms with E-state index >= 15 is 0 Å². The molecule has 0 radical (unpaired) electrons. The molecular formula is C11H21NO. The van der Waals surface area contributed by atoms with Crippen molar-refractivity contribution >= 4 is 0 Å². The molecule has 0 amide bonds. The van der Waals surface area contributed by atoms with Gasteiger partial charge in [-0.05, 0) is 39.0 Å². The van der Waals surface area contributed by atoms with Crippen molar-refractivity contribution in [2.45, 2.75) is 45.3 Å². The van der Waals surface area contributed by atoms with Crippen LogP contribution in [-0.4, -0.2) is 36.7 Å². The third-order valence-electron chi connectivity index (χ3n) is 3.21. The average Bonchev–Trinajstić information content (AvgIpc) is 2.91.